The predicted molar refractivity (Wildman–Crippen MR) is 192 cm³/mol. The van der Waals surface area contributed by atoms with Gasteiger partial charge in [0.05, 0.1) is 13.2 Å². The minimum Gasteiger partial charge on any atom is -0.394 e. The summed E-state index contributed by atoms with van der Waals surface area (Å²) in [6, 6.07) is -1.04. The highest BCUT2D eigenvalue weighted by atomic mass is 16.5. The van der Waals surface area contributed by atoms with Crippen LogP contribution >= 0.6 is 0 Å². The first kappa shape index (κ1) is 43.8. The zero-order chi connectivity index (χ0) is 34.5. The van der Waals surface area contributed by atoms with Gasteiger partial charge in [-0.05, 0) is 12.8 Å². The monoisotopic (exact) mass is 670 g/mol. The zero-order valence-corrected chi connectivity index (χ0v) is 30.5. The van der Waals surface area contributed by atoms with Crippen LogP contribution in [0, 0.1) is 0 Å². The fourth-order valence-corrected chi connectivity index (χ4v) is 6.72. The van der Waals surface area contributed by atoms with Crippen LogP contribution in [0.1, 0.15) is 181 Å². The van der Waals surface area contributed by atoms with Gasteiger partial charge in [0, 0.05) is 13.0 Å². The van der Waals surface area contributed by atoms with Crippen molar-refractivity contribution >= 4 is 11.8 Å². The average molecular weight is 670 g/mol. The van der Waals surface area contributed by atoms with E-state index in [1.165, 1.54) is 122 Å². The molecule has 1 saturated heterocycles. The molecule has 0 aliphatic carbocycles. The standard InChI is InChI=1S/C38H75N3O6/c1-3-5-7-9-11-13-15-16-17-19-21-23-25-27-29-41(34(44)28-26-24-22-20-18-14-12-10-8-6-4-2)38-35(40-33(43)30-39)37(46)36(45)32(31-42)47-38/h32,35-38,42,45-46H,3-31,39H2,1-2H3,(H,40,43)/t32-,35-,36-,37-,38-/m1/s1. The van der Waals surface area contributed by atoms with Crippen molar-refractivity contribution < 1.29 is 29.6 Å². The SMILES string of the molecule is CCCCCCCCCCCCCCCCN(C(=O)CCCCCCCCCCCCC)[C@@H]1O[C@H](CO)[C@@H](O)[C@H](O)[C@H]1NC(=O)CN. The van der Waals surface area contributed by atoms with E-state index < -0.39 is 43.1 Å². The van der Waals surface area contributed by atoms with Gasteiger partial charge in [0.1, 0.15) is 24.4 Å². The number of nitrogens with two attached hydrogens (primary N) is 1. The Morgan fingerprint density at radius 2 is 1.04 bits per heavy atom. The molecule has 6 N–H and O–H groups in total. The van der Waals surface area contributed by atoms with Crippen LogP contribution < -0.4 is 11.1 Å². The molecule has 0 spiro atoms. The van der Waals surface area contributed by atoms with Crippen molar-refractivity contribution in [2.24, 2.45) is 5.73 Å². The molecule has 278 valence electrons. The fourth-order valence-electron chi connectivity index (χ4n) is 6.72. The Balaban J connectivity index is 2.59. The van der Waals surface area contributed by atoms with Gasteiger partial charge in [-0.1, -0.05) is 162 Å². The van der Waals surface area contributed by atoms with E-state index in [0.29, 0.717) is 13.0 Å². The third-order valence-corrected chi connectivity index (χ3v) is 9.79. The second-order valence-electron chi connectivity index (χ2n) is 14.0. The largest absolute Gasteiger partial charge is 0.394 e. The quantitative estimate of drug-likeness (QED) is 0.0506. The molecule has 0 radical (unpaired) electrons. The molecule has 0 aromatic heterocycles. The maximum Gasteiger partial charge on any atom is 0.234 e. The van der Waals surface area contributed by atoms with Crippen molar-refractivity contribution in [2.45, 2.75) is 211 Å². The van der Waals surface area contributed by atoms with Gasteiger partial charge in [0.15, 0.2) is 6.23 Å². The summed E-state index contributed by atoms with van der Waals surface area (Å²) in [5.41, 5.74) is 5.53. The van der Waals surface area contributed by atoms with Gasteiger partial charge in [-0.2, -0.15) is 0 Å². The molecular formula is C38H75N3O6. The number of nitrogens with zero attached hydrogens (tertiary/aromatic N) is 1. The second-order valence-corrected chi connectivity index (χ2v) is 14.0. The highest BCUT2D eigenvalue weighted by Crippen LogP contribution is 2.26. The first-order chi connectivity index (χ1) is 22.9. The lowest BCUT2D eigenvalue weighted by molar-refractivity contribution is -0.231. The van der Waals surface area contributed by atoms with Gasteiger partial charge in [0.2, 0.25) is 11.8 Å². The number of carbonyl (C=O) groups excluding carboxylic acids is 2. The first-order valence-electron chi connectivity index (χ1n) is 19.8. The van der Waals surface area contributed by atoms with Crippen LogP contribution in [0.4, 0.5) is 0 Å². The molecule has 9 nitrogen and oxygen atoms in total. The Kier molecular flexibility index (Phi) is 27.6. The summed E-state index contributed by atoms with van der Waals surface area (Å²) >= 11 is 0. The van der Waals surface area contributed by atoms with Crippen LogP contribution in [0.15, 0.2) is 0 Å². The van der Waals surface area contributed by atoms with E-state index in [9.17, 15) is 24.9 Å². The minimum absolute atomic E-state index is 0.0899. The summed E-state index contributed by atoms with van der Waals surface area (Å²) in [5, 5.41) is 34.0. The summed E-state index contributed by atoms with van der Waals surface area (Å²) < 4.78 is 6.03. The van der Waals surface area contributed by atoms with E-state index in [1.54, 1.807) is 4.90 Å². The van der Waals surface area contributed by atoms with Crippen molar-refractivity contribution in [3.8, 4) is 0 Å². The van der Waals surface area contributed by atoms with Gasteiger partial charge in [-0.3, -0.25) is 9.59 Å². The molecule has 9 heteroatoms. The van der Waals surface area contributed by atoms with Gasteiger partial charge in [0.25, 0.3) is 0 Å². The van der Waals surface area contributed by atoms with E-state index >= 15 is 0 Å². The van der Waals surface area contributed by atoms with E-state index in [2.05, 4.69) is 19.2 Å². The third kappa shape index (κ3) is 20.1. The number of carbonyl (C=O) groups is 2. The molecule has 1 aliphatic heterocycles. The van der Waals surface area contributed by atoms with Crippen LogP contribution in [0.5, 0.6) is 0 Å². The number of amides is 2. The second kappa shape index (κ2) is 29.6. The Morgan fingerprint density at radius 3 is 1.45 bits per heavy atom. The smallest absolute Gasteiger partial charge is 0.234 e. The molecule has 1 heterocycles. The number of ether oxygens (including phenoxy) is 1. The molecule has 1 fully saturated rings. The number of aliphatic hydroxyl groups excluding tert-OH is 3. The van der Waals surface area contributed by atoms with Gasteiger partial charge >= 0.3 is 0 Å². The Hall–Kier alpha value is -1.26. The Bertz CT molecular complexity index is 757. The summed E-state index contributed by atoms with van der Waals surface area (Å²) in [6.07, 6.45) is 25.9. The highest BCUT2D eigenvalue weighted by Gasteiger charge is 2.48. The van der Waals surface area contributed by atoms with Crippen molar-refractivity contribution in [2.75, 3.05) is 19.7 Å². The van der Waals surface area contributed by atoms with E-state index in [4.69, 9.17) is 10.5 Å². The lowest BCUT2D eigenvalue weighted by Gasteiger charge is -2.46. The summed E-state index contributed by atoms with van der Waals surface area (Å²) in [5.74, 6) is -0.598. The van der Waals surface area contributed by atoms with Crippen LogP contribution in [0.3, 0.4) is 0 Å². The number of rotatable bonds is 31. The summed E-state index contributed by atoms with van der Waals surface area (Å²) in [4.78, 5) is 27.5. The molecule has 0 aromatic rings. The van der Waals surface area contributed by atoms with E-state index in [-0.39, 0.29) is 12.5 Å². The van der Waals surface area contributed by atoms with Gasteiger partial charge < -0.3 is 36.0 Å². The Labute approximate surface area is 288 Å². The van der Waals surface area contributed by atoms with E-state index in [1.807, 2.05) is 0 Å². The number of hydrogen-bond donors (Lipinski definition) is 5. The number of unbranched alkanes of at least 4 members (excludes halogenated alkanes) is 23. The maximum absolute atomic E-state index is 13.7. The molecule has 0 aromatic carbocycles. The van der Waals surface area contributed by atoms with Gasteiger partial charge in [-0.15, -0.1) is 0 Å². The first-order valence-corrected chi connectivity index (χ1v) is 19.8. The molecule has 5 atom stereocenters. The molecule has 2 amide bonds. The van der Waals surface area contributed by atoms with E-state index in [0.717, 1.165) is 38.5 Å². The lowest BCUT2D eigenvalue weighted by Crippen LogP contribution is -2.69. The van der Waals surface area contributed by atoms with Crippen LogP contribution in [-0.2, 0) is 14.3 Å². The zero-order valence-electron chi connectivity index (χ0n) is 30.5. The molecule has 0 saturated carbocycles. The molecular weight excluding hydrogens is 594 g/mol. The average Bonchev–Trinajstić information content (AvgIpc) is 3.07. The van der Waals surface area contributed by atoms with Crippen LogP contribution in [0.25, 0.3) is 0 Å². The van der Waals surface area contributed by atoms with Gasteiger partial charge in [-0.25, -0.2) is 0 Å². The molecule has 47 heavy (non-hydrogen) atoms. The molecule has 0 bridgehead atoms. The van der Waals surface area contributed by atoms with Crippen LogP contribution in [-0.4, -0.2) is 82.3 Å². The van der Waals surface area contributed by atoms with Crippen molar-refractivity contribution in [3.63, 3.8) is 0 Å². The third-order valence-electron chi connectivity index (χ3n) is 9.79. The lowest BCUT2D eigenvalue weighted by atomic mass is 9.94. The maximum atomic E-state index is 13.7. The van der Waals surface area contributed by atoms with Crippen LogP contribution in [0.2, 0.25) is 0 Å². The minimum atomic E-state index is -1.41. The molecule has 1 rings (SSSR count). The number of aliphatic hydroxyl groups is 3. The summed E-state index contributed by atoms with van der Waals surface area (Å²) in [6.45, 7) is 4.12. The summed E-state index contributed by atoms with van der Waals surface area (Å²) in [7, 11) is 0. The molecule has 1 aliphatic rings. The topological polar surface area (TPSA) is 145 Å². The number of hydrogen-bond acceptors (Lipinski definition) is 7. The van der Waals surface area contributed by atoms with Crippen molar-refractivity contribution in [1.29, 1.82) is 0 Å². The molecule has 0 unspecified atom stereocenters. The van der Waals surface area contributed by atoms with Crippen molar-refractivity contribution in [3.05, 3.63) is 0 Å². The Morgan fingerprint density at radius 1 is 0.638 bits per heavy atom. The fraction of sp³-hybridized carbons (Fsp3) is 0.947. The predicted octanol–water partition coefficient (Wildman–Crippen LogP) is 6.88. The normalized spacial score (nSPS) is 21.2. The van der Waals surface area contributed by atoms with Crippen molar-refractivity contribution in [1.82, 2.24) is 10.2 Å². The number of nitrogens with one attached hydrogen (secondary N) is 1. The highest BCUT2D eigenvalue weighted by molar-refractivity contribution is 5.79.